The van der Waals surface area contributed by atoms with Crippen LogP contribution < -0.4 is 9.62 Å². The molecule has 0 aliphatic rings. The van der Waals surface area contributed by atoms with Crippen LogP contribution in [0.25, 0.3) is 5.69 Å². The van der Waals surface area contributed by atoms with Crippen LogP contribution in [-0.4, -0.2) is 30.1 Å². The normalized spacial score (nSPS) is 11.3. The van der Waals surface area contributed by atoms with Crippen LogP contribution in [0.1, 0.15) is 27.3 Å². The molecule has 0 bridgehead atoms. The Hall–Kier alpha value is -3.62. The van der Waals surface area contributed by atoms with E-state index in [1.165, 1.54) is 4.31 Å². The van der Waals surface area contributed by atoms with Gasteiger partial charge in [0.25, 0.3) is 5.91 Å². The minimum Gasteiger partial charge on any atom is -0.348 e. The maximum Gasteiger partial charge on any atom is 0.251 e. The predicted molar refractivity (Wildman–Crippen MR) is 138 cm³/mol. The van der Waals surface area contributed by atoms with Gasteiger partial charge in [0.2, 0.25) is 10.0 Å². The molecule has 0 atom stereocenters. The Labute approximate surface area is 210 Å². The van der Waals surface area contributed by atoms with Gasteiger partial charge in [-0.1, -0.05) is 41.9 Å². The van der Waals surface area contributed by atoms with E-state index in [1.807, 2.05) is 42.0 Å². The molecule has 0 radical (unpaired) electrons. The summed E-state index contributed by atoms with van der Waals surface area (Å²) in [6, 6.07) is 21.3. The summed E-state index contributed by atoms with van der Waals surface area (Å²) in [4.78, 5) is 17.1. The lowest BCUT2D eigenvalue weighted by molar-refractivity contribution is 0.0951. The highest BCUT2D eigenvalue weighted by atomic mass is 35.5. The molecule has 1 amide bonds. The number of nitrogens with zero attached hydrogens (tertiary/aromatic N) is 3. The third-order valence-electron chi connectivity index (χ3n) is 5.57. The zero-order valence-corrected chi connectivity index (χ0v) is 20.9. The van der Waals surface area contributed by atoms with Crippen LogP contribution in [-0.2, 0) is 23.1 Å². The van der Waals surface area contributed by atoms with Crippen LogP contribution >= 0.6 is 11.6 Å². The van der Waals surface area contributed by atoms with Gasteiger partial charge < -0.3 is 9.88 Å². The maximum atomic E-state index is 12.8. The number of benzene rings is 3. The van der Waals surface area contributed by atoms with Gasteiger partial charge in [-0.15, -0.1) is 0 Å². The van der Waals surface area contributed by atoms with Crippen LogP contribution in [0.4, 0.5) is 5.69 Å². The molecule has 0 aliphatic heterocycles. The first kappa shape index (κ1) is 24.5. The number of aryl methyl sites for hydroxylation is 1. The first-order valence-corrected chi connectivity index (χ1v) is 13.1. The summed E-state index contributed by atoms with van der Waals surface area (Å²) in [5.41, 5.74) is 3.60. The summed E-state index contributed by atoms with van der Waals surface area (Å²) < 4.78 is 28.2. The largest absolute Gasteiger partial charge is 0.348 e. The second kappa shape index (κ2) is 10.3. The first-order chi connectivity index (χ1) is 16.7. The number of anilines is 1. The van der Waals surface area contributed by atoms with E-state index in [4.69, 9.17) is 11.6 Å². The lowest BCUT2D eigenvalue weighted by atomic mass is 10.1. The summed E-state index contributed by atoms with van der Waals surface area (Å²) in [6.45, 7) is 2.41. The Balaban J connectivity index is 1.48. The number of hydrogen-bond acceptors (Lipinski definition) is 4. The number of carbonyl (C=O) groups is 1. The van der Waals surface area contributed by atoms with E-state index in [1.54, 1.807) is 54.7 Å². The van der Waals surface area contributed by atoms with Gasteiger partial charge in [-0.05, 0) is 60.5 Å². The Morgan fingerprint density at radius 1 is 1.03 bits per heavy atom. The number of hydrogen-bond donors (Lipinski definition) is 1. The van der Waals surface area contributed by atoms with E-state index in [0.717, 1.165) is 28.9 Å². The lowest BCUT2D eigenvalue weighted by Gasteiger charge is -2.23. The SMILES string of the molecule is Cc1nccn1-c1ccccc1CNC(=O)c1ccc(N(Cc2ccc(Cl)cc2)S(C)(=O)=O)cc1. The van der Waals surface area contributed by atoms with Crippen molar-refractivity contribution in [3.8, 4) is 5.69 Å². The number of nitrogens with one attached hydrogen (secondary N) is 1. The van der Waals surface area contributed by atoms with E-state index >= 15 is 0 Å². The monoisotopic (exact) mass is 508 g/mol. The van der Waals surface area contributed by atoms with Crippen LogP contribution in [0.2, 0.25) is 5.02 Å². The molecule has 35 heavy (non-hydrogen) atoms. The lowest BCUT2D eigenvalue weighted by Crippen LogP contribution is -2.29. The van der Waals surface area contributed by atoms with Gasteiger partial charge in [0.15, 0.2) is 0 Å². The average molecular weight is 509 g/mol. The van der Waals surface area contributed by atoms with Crippen molar-refractivity contribution >= 4 is 33.2 Å². The van der Waals surface area contributed by atoms with Crippen molar-refractivity contribution in [3.05, 3.63) is 113 Å². The van der Waals surface area contributed by atoms with E-state index < -0.39 is 10.0 Å². The van der Waals surface area contributed by atoms with Crippen molar-refractivity contribution in [2.45, 2.75) is 20.0 Å². The molecule has 180 valence electrons. The Morgan fingerprint density at radius 3 is 2.34 bits per heavy atom. The molecule has 1 aromatic heterocycles. The van der Waals surface area contributed by atoms with Gasteiger partial charge in [-0.25, -0.2) is 13.4 Å². The first-order valence-electron chi connectivity index (χ1n) is 10.9. The van der Waals surface area contributed by atoms with Crippen LogP contribution in [0.5, 0.6) is 0 Å². The number of halogens is 1. The molecule has 9 heteroatoms. The third-order valence-corrected chi connectivity index (χ3v) is 6.97. The van der Waals surface area contributed by atoms with E-state index in [-0.39, 0.29) is 12.5 Å². The molecule has 0 fully saturated rings. The quantitative estimate of drug-likeness (QED) is 0.373. The molecular formula is C26H25ClN4O3S. The van der Waals surface area contributed by atoms with Gasteiger partial charge in [0, 0.05) is 29.5 Å². The molecule has 4 rings (SSSR count). The van der Waals surface area contributed by atoms with Gasteiger partial charge in [0.05, 0.1) is 24.2 Å². The van der Waals surface area contributed by atoms with Crippen molar-refractivity contribution in [1.82, 2.24) is 14.9 Å². The fourth-order valence-corrected chi connectivity index (χ4v) is 4.75. The highest BCUT2D eigenvalue weighted by molar-refractivity contribution is 7.92. The van der Waals surface area contributed by atoms with E-state index in [0.29, 0.717) is 22.8 Å². The molecular weight excluding hydrogens is 484 g/mol. The molecule has 0 saturated heterocycles. The smallest absolute Gasteiger partial charge is 0.251 e. The minimum absolute atomic E-state index is 0.159. The fourth-order valence-electron chi connectivity index (χ4n) is 3.74. The summed E-state index contributed by atoms with van der Waals surface area (Å²) in [5, 5.41) is 3.53. The molecule has 7 nitrogen and oxygen atoms in total. The van der Waals surface area contributed by atoms with Gasteiger partial charge in [0.1, 0.15) is 5.82 Å². The number of amides is 1. The summed E-state index contributed by atoms with van der Waals surface area (Å²) in [7, 11) is -3.54. The van der Waals surface area contributed by atoms with Crippen molar-refractivity contribution in [2.24, 2.45) is 0 Å². The molecule has 0 saturated carbocycles. The van der Waals surface area contributed by atoms with Crippen molar-refractivity contribution < 1.29 is 13.2 Å². The second-order valence-corrected chi connectivity index (χ2v) is 10.4. The zero-order valence-electron chi connectivity index (χ0n) is 19.3. The van der Waals surface area contributed by atoms with Crippen LogP contribution in [0, 0.1) is 6.92 Å². The summed E-state index contributed by atoms with van der Waals surface area (Å²) in [6.07, 6.45) is 4.77. The Kier molecular flexibility index (Phi) is 7.23. The molecule has 4 aromatic rings. The number of carbonyl (C=O) groups excluding carboxylic acids is 1. The van der Waals surface area contributed by atoms with Crippen LogP contribution in [0.3, 0.4) is 0 Å². The predicted octanol–water partition coefficient (Wildman–Crippen LogP) is 4.73. The number of rotatable bonds is 8. The van der Waals surface area contributed by atoms with Crippen molar-refractivity contribution in [2.75, 3.05) is 10.6 Å². The molecule has 1 heterocycles. The summed E-state index contributed by atoms with van der Waals surface area (Å²) >= 11 is 5.93. The minimum atomic E-state index is -3.54. The standard InChI is InChI=1S/C26H25ClN4O3S/c1-19-28-15-16-30(19)25-6-4-3-5-22(25)17-29-26(32)21-9-13-24(14-10-21)31(35(2,33)34)18-20-7-11-23(27)12-8-20/h3-16H,17-18H2,1-2H3,(H,29,32). The van der Waals surface area contributed by atoms with Gasteiger partial charge in [-0.2, -0.15) is 0 Å². The topological polar surface area (TPSA) is 84.3 Å². The van der Waals surface area contributed by atoms with E-state index in [9.17, 15) is 13.2 Å². The van der Waals surface area contributed by atoms with E-state index in [2.05, 4.69) is 10.3 Å². The van der Waals surface area contributed by atoms with Gasteiger partial charge in [-0.3, -0.25) is 9.10 Å². The average Bonchev–Trinajstić information content (AvgIpc) is 3.27. The van der Waals surface area contributed by atoms with Crippen molar-refractivity contribution in [1.29, 1.82) is 0 Å². The summed E-state index contributed by atoms with van der Waals surface area (Å²) in [5.74, 6) is 0.603. The highest BCUT2D eigenvalue weighted by Gasteiger charge is 2.19. The molecule has 3 aromatic carbocycles. The highest BCUT2D eigenvalue weighted by Crippen LogP contribution is 2.22. The maximum absolute atomic E-state index is 12.8. The fraction of sp³-hybridized carbons (Fsp3) is 0.154. The van der Waals surface area contributed by atoms with Gasteiger partial charge >= 0.3 is 0 Å². The molecule has 0 unspecified atom stereocenters. The molecule has 0 aliphatic carbocycles. The van der Waals surface area contributed by atoms with Crippen LogP contribution in [0.15, 0.2) is 85.2 Å². The molecule has 1 N–H and O–H groups in total. The molecule has 0 spiro atoms. The number of para-hydroxylation sites is 1. The number of imidazole rings is 1. The Morgan fingerprint density at radius 2 is 1.71 bits per heavy atom. The number of aromatic nitrogens is 2. The number of sulfonamides is 1. The van der Waals surface area contributed by atoms with Crippen molar-refractivity contribution in [3.63, 3.8) is 0 Å². The second-order valence-electron chi connectivity index (χ2n) is 8.10. The zero-order chi connectivity index (χ0) is 25.0. The third kappa shape index (κ3) is 5.90. The Bertz CT molecular complexity index is 1430.